The van der Waals surface area contributed by atoms with Gasteiger partial charge in [-0.1, -0.05) is 19.8 Å². The molecule has 1 aliphatic carbocycles. The van der Waals surface area contributed by atoms with Crippen molar-refractivity contribution in [2.75, 3.05) is 7.05 Å². The van der Waals surface area contributed by atoms with Crippen molar-refractivity contribution in [3.05, 3.63) is 16.1 Å². The minimum absolute atomic E-state index is 0. The van der Waals surface area contributed by atoms with Gasteiger partial charge in [-0.2, -0.15) is 0 Å². The maximum absolute atomic E-state index is 12.3. The van der Waals surface area contributed by atoms with Crippen LogP contribution < -0.4 is 5.73 Å². The first-order valence-electron chi connectivity index (χ1n) is 6.53. The van der Waals surface area contributed by atoms with Gasteiger partial charge >= 0.3 is 0 Å². The molecule has 0 saturated heterocycles. The zero-order valence-corrected chi connectivity index (χ0v) is 14.4. The van der Waals surface area contributed by atoms with Gasteiger partial charge in [0.2, 0.25) is 5.91 Å². The molecule has 2 N–H and O–H groups in total. The molecule has 1 heterocycles. The van der Waals surface area contributed by atoms with Crippen LogP contribution in [0.3, 0.4) is 0 Å². The van der Waals surface area contributed by atoms with Crippen molar-refractivity contribution in [2.45, 2.75) is 51.1 Å². The molecule has 0 aliphatic heterocycles. The highest BCUT2D eigenvalue weighted by molar-refractivity contribution is 7.11. The summed E-state index contributed by atoms with van der Waals surface area (Å²) in [6.45, 7) is 2.68. The number of carbonyl (C=O) groups is 1. The highest BCUT2D eigenvalue weighted by Crippen LogP contribution is 2.29. The van der Waals surface area contributed by atoms with Crippen LogP contribution in [0.25, 0.3) is 0 Å². The fraction of sp³-hybridized carbons (Fsp3) is 0.692. The summed E-state index contributed by atoms with van der Waals surface area (Å²) in [5.41, 5.74) is 5.55. The minimum atomic E-state index is -0.625. The number of amides is 1. The lowest BCUT2D eigenvalue weighted by atomic mass is 9.97. The van der Waals surface area contributed by atoms with Gasteiger partial charge in [0, 0.05) is 18.1 Å². The molecule has 2 rings (SSSR count). The second-order valence-corrected chi connectivity index (χ2v) is 6.30. The molecule has 0 spiro atoms. The topological polar surface area (TPSA) is 59.2 Å². The monoisotopic (exact) mass is 339 g/mol. The van der Waals surface area contributed by atoms with Crippen LogP contribution in [0.4, 0.5) is 0 Å². The number of hydrogen-bond donors (Lipinski definition) is 1. The Morgan fingerprint density at radius 3 is 2.55 bits per heavy atom. The Labute approximate surface area is 137 Å². The van der Waals surface area contributed by atoms with E-state index in [0.29, 0.717) is 6.54 Å². The summed E-state index contributed by atoms with van der Waals surface area (Å²) < 4.78 is 0. The van der Waals surface area contributed by atoms with Gasteiger partial charge < -0.3 is 10.6 Å². The number of nitrogens with zero attached hydrogens (tertiary/aromatic N) is 2. The third kappa shape index (κ3) is 4.32. The molecule has 1 fully saturated rings. The maximum atomic E-state index is 12.3. The van der Waals surface area contributed by atoms with E-state index < -0.39 is 5.54 Å². The number of aromatic nitrogens is 1. The molecular weight excluding hydrogens is 317 g/mol. The van der Waals surface area contributed by atoms with Crippen LogP contribution in [-0.4, -0.2) is 28.4 Å². The van der Waals surface area contributed by atoms with E-state index in [2.05, 4.69) is 11.9 Å². The first-order chi connectivity index (χ1) is 8.55. The van der Waals surface area contributed by atoms with E-state index in [-0.39, 0.29) is 30.7 Å². The second kappa shape index (κ2) is 8.17. The summed E-state index contributed by atoms with van der Waals surface area (Å²) in [6.07, 6.45) is 6.64. The number of thiazole rings is 1. The molecule has 1 aromatic heterocycles. The Bertz CT molecular complexity index is 433. The van der Waals surface area contributed by atoms with Crippen molar-refractivity contribution >= 4 is 42.1 Å². The number of carbonyl (C=O) groups excluding carboxylic acids is 1. The summed E-state index contributed by atoms with van der Waals surface area (Å²) in [4.78, 5) is 19.7. The Hall–Kier alpha value is -0.360. The van der Waals surface area contributed by atoms with Gasteiger partial charge in [0.15, 0.2) is 0 Å². The lowest BCUT2D eigenvalue weighted by Gasteiger charge is -2.28. The number of rotatable bonds is 4. The Morgan fingerprint density at radius 1 is 1.45 bits per heavy atom. The van der Waals surface area contributed by atoms with E-state index in [0.717, 1.165) is 37.1 Å². The van der Waals surface area contributed by atoms with Crippen molar-refractivity contribution in [1.29, 1.82) is 0 Å². The summed E-state index contributed by atoms with van der Waals surface area (Å²) in [5.74, 6) is 0.0632. The number of aryl methyl sites for hydroxylation is 1. The zero-order chi connectivity index (χ0) is 13.2. The molecule has 1 aliphatic rings. The first kappa shape index (κ1) is 19.6. The van der Waals surface area contributed by atoms with E-state index in [4.69, 9.17) is 5.73 Å². The lowest BCUT2D eigenvalue weighted by Crippen LogP contribution is -2.52. The maximum Gasteiger partial charge on any atom is 0.242 e. The lowest BCUT2D eigenvalue weighted by molar-refractivity contribution is -0.136. The minimum Gasteiger partial charge on any atom is -0.337 e. The van der Waals surface area contributed by atoms with Crippen LogP contribution in [0.15, 0.2) is 6.20 Å². The molecule has 4 nitrogen and oxygen atoms in total. The molecule has 0 aromatic carbocycles. The second-order valence-electron chi connectivity index (χ2n) is 5.10. The first-order valence-corrected chi connectivity index (χ1v) is 7.35. The van der Waals surface area contributed by atoms with E-state index in [1.54, 1.807) is 16.2 Å². The number of hydrogen-bond acceptors (Lipinski definition) is 4. The predicted molar refractivity (Wildman–Crippen MR) is 87.8 cm³/mol. The molecule has 7 heteroatoms. The Balaban J connectivity index is 0.00000180. The standard InChI is InChI=1S/C13H21N3OS.2ClH/c1-3-10-8-15-11(18-10)9-16(2)12(17)13(14)6-4-5-7-13;;/h8H,3-7,9,14H2,1-2H3;2*1H. The zero-order valence-electron chi connectivity index (χ0n) is 11.9. The normalized spacial score (nSPS) is 16.1. The number of nitrogens with two attached hydrogens (primary N) is 1. The third-order valence-corrected chi connectivity index (χ3v) is 4.72. The van der Waals surface area contributed by atoms with Gasteiger partial charge in [-0.25, -0.2) is 4.98 Å². The van der Waals surface area contributed by atoms with E-state index in [1.165, 1.54) is 4.88 Å². The fourth-order valence-electron chi connectivity index (χ4n) is 2.46. The van der Waals surface area contributed by atoms with E-state index in [9.17, 15) is 4.79 Å². The molecule has 116 valence electrons. The van der Waals surface area contributed by atoms with Gasteiger partial charge in [-0.15, -0.1) is 36.2 Å². The van der Waals surface area contributed by atoms with Gasteiger partial charge in [-0.3, -0.25) is 4.79 Å². The number of halogens is 2. The van der Waals surface area contributed by atoms with Gasteiger partial charge in [-0.05, 0) is 19.3 Å². The average Bonchev–Trinajstić information content (AvgIpc) is 2.98. The van der Waals surface area contributed by atoms with Crippen LogP contribution in [0, 0.1) is 0 Å². The SMILES string of the molecule is CCc1cnc(CN(C)C(=O)C2(N)CCCC2)s1.Cl.Cl. The number of likely N-dealkylation sites (N-methyl/N-ethyl adjacent to an activating group) is 1. The van der Waals surface area contributed by atoms with Gasteiger partial charge in [0.25, 0.3) is 0 Å². The van der Waals surface area contributed by atoms with Crippen LogP contribution in [0.5, 0.6) is 0 Å². The van der Waals surface area contributed by atoms with Crippen molar-refractivity contribution in [3.63, 3.8) is 0 Å². The van der Waals surface area contributed by atoms with E-state index >= 15 is 0 Å². The van der Waals surface area contributed by atoms with Crippen LogP contribution in [0.2, 0.25) is 0 Å². The fourth-order valence-corrected chi connectivity index (χ4v) is 3.38. The van der Waals surface area contributed by atoms with Crippen LogP contribution in [-0.2, 0) is 17.8 Å². The summed E-state index contributed by atoms with van der Waals surface area (Å²) in [5, 5.41) is 0.990. The average molecular weight is 340 g/mol. The molecule has 1 amide bonds. The van der Waals surface area contributed by atoms with Gasteiger partial charge in [0.05, 0.1) is 12.1 Å². The molecule has 20 heavy (non-hydrogen) atoms. The van der Waals surface area contributed by atoms with Crippen molar-refractivity contribution in [2.24, 2.45) is 5.73 Å². The quantitative estimate of drug-likeness (QED) is 0.917. The molecule has 1 saturated carbocycles. The predicted octanol–water partition coefficient (Wildman–Crippen LogP) is 2.78. The van der Waals surface area contributed by atoms with Crippen molar-refractivity contribution in [1.82, 2.24) is 9.88 Å². The Morgan fingerprint density at radius 2 is 2.05 bits per heavy atom. The molecule has 0 radical (unpaired) electrons. The molecule has 0 bridgehead atoms. The smallest absolute Gasteiger partial charge is 0.242 e. The summed E-state index contributed by atoms with van der Waals surface area (Å²) in [7, 11) is 1.82. The third-order valence-electron chi connectivity index (χ3n) is 3.59. The Kier molecular flexibility index (Phi) is 8.03. The van der Waals surface area contributed by atoms with Crippen LogP contribution >= 0.6 is 36.2 Å². The summed E-state index contributed by atoms with van der Waals surface area (Å²) >= 11 is 1.67. The highest BCUT2D eigenvalue weighted by Gasteiger charge is 2.38. The van der Waals surface area contributed by atoms with Gasteiger partial charge in [0.1, 0.15) is 5.01 Å². The van der Waals surface area contributed by atoms with Crippen molar-refractivity contribution in [3.8, 4) is 0 Å². The van der Waals surface area contributed by atoms with Crippen LogP contribution in [0.1, 0.15) is 42.5 Å². The molecular formula is C13H23Cl2N3OS. The molecule has 0 unspecified atom stereocenters. The summed E-state index contributed by atoms with van der Waals surface area (Å²) in [6, 6.07) is 0. The molecule has 1 aromatic rings. The molecule has 0 atom stereocenters. The van der Waals surface area contributed by atoms with Crippen molar-refractivity contribution < 1.29 is 4.79 Å². The largest absolute Gasteiger partial charge is 0.337 e. The highest BCUT2D eigenvalue weighted by atomic mass is 35.5. The van der Waals surface area contributed by atoms with E-state index in [1.807, 2.05) is 13.2 Å².